The smallest absolute Gasteiger partial charge is 0.265 e. The van der Waals surface area contributed by atoms with Crippen molar-refractivity contribution in [1.82, 2.24) is 15.6 Å². The number of carbonyl (C=O) groups is 2. The van der Waals surface area contributed by atoms with Gasteiger partial charge in [-0.25, -0.2) is 5.84 Å². The number of nitrogens with one attached hydrogen (secondary N) is 2. The fraction of sp³-hybridized carbons (Fsp3) is 0.385. The Kier molecular flexibility index (Phi) is 4.13. The lowest BCUT2D eigenvalue weighted by Gasteiger charge is -2.32. The number of hydrogen-bond acceptors (Lipinski definition) is 4. The van der Waals surface area contributed by atoms with Crippen molar-refractivity contribution in [3.8, 4) is 0 Å². The Morgan fingerprint density at radius 3 is 3.11 bits per heavy atom. The summed E-state index contributed by atoms with van der Waals surface area (Å²) in [5.41, 5.74) is 3.62. The average molecular weight is 262 g/mol. The van der Waals surface area contributed by atoms with Gasteiger partial charge >= 0.3 is 0 Å². The maximum atomic E-state index is 11.6. The molecule has 0 aliphatic carbocycles. The van der Waals surface area contributed by atoms with E-state index < -0.39 is 0 Å². The molecule has 1 saturated heterocycles. The molecule has 102 valence electrons. The lowest BCUT2D eigenvalue weighted by molar-refractivity contribution is -0.128. The molecule has 0 saturated carbocycles. The highest BCUT2D eigenvalue weighted by molar-refractivity contribution is 5.93. The number of amides is 2. The third-order valence-corrected chi connectivity index (χ3v) is 3.33. The van der Waals surface area contributed by atoms with Crippen molar-refractivity contribution in [3.63, 3.8) is 0 Å². The van der Waals surface area contributed by atoms with E-state index in [0.717, 1.165) is 12.1 Å². The van der Waals surface area contributed by atoms with Gasteiger partial charge in [0.15, 0.2) is 0 Å². The van der Waals surface area contributed by atoms with Gasteiger partial charge in [0.1, 0.15) is 0 Å². The van der Waals surface area contributed by atoms with Gasteiger partial charge in [0.2, 0.25) is 5.91 Å². The van der Waals surface area contributed by atoms with Crippen LogP contribution < -0.4 is 16.6 Å². The minimum atomic E-state index is -0.314. The van der Waals surface area contributed by atoms with Crippen LogP contribution in [0.5, 0.6) is 0 Å². The van der Waals surface area contributed by atoms with Crippen molar-refractivity contribution in [3.05, 3.63) is 35.4 Å². The highest BCUT2D eigenvalue weighted by atomic mass is 16.2. The fourth-order valence-corrected chi connectivity index (χ4v) is 2.17. The van der Waals surface area contributed by atoms with E-state index in [-0.39, 0.29) is 17.9 Å². The fourth-order valence-electron chi connectivity index (χ4n) is 2.17. The third-order valence-electron chi connectivity index (χ3n) is 3.33. The number of nitrogens with zero attached hydrogens (tertiary/aromatic N) is 1. The number of hydrazine groups is 1. The van der Waals surface area contributed by atoms with Crippen LogP contribution in [0.25, 0.3) is 0 Å². The molecule has 1 unspecified atom stereocenters. The van der Waals surface area contributed by atoms with E-state index in [1.54, 1.807) is 12.1 Å². The topological polar surface area (TPSA) is 87.5 Å². The molecule has 1 aliphatic heterocycles. The van der Waals surface area contributed by atoms with Gasteiger partial charge in [-0.3, -0.25) is 19.9 Å². The van der Waals surface area contributed by atoms with Crippen LogP contribution in [0.4, 0.5) is 0 Å². The molecule has 1 aromatic carbocycles. The van der Waals surface area contributed by atoms with Gasteiger partial charge in [-0.2, -0.15) is 0 Å². The van der Waals surface area contributed by atoms with Gasteiger partial charge in [-0.05, 0) is 24.6 Å². The first-order chi connectivity index (χ1) is 9.11. The second kappa shape index (κ2) is 5.81. The predicted molar refractivity (Wildman–Crippen MR) is 71.0 cm³/mol. The molecule has 1 fully saturated rings. The molecule has 1 aromatic rings. The molecule has 0 aromatic heterocycles. The molecule has 6 nitrogen and oxygen atoms in total. The highest BCUT2D eigenvalue weighted by Crippen LogP contribution is 2.12. The molecule has 6 heteroatoms. The zero-order valence-electron chi connectivity index (χ0n) is 10.8. The zero-order valence-corrected chi connectivity index (χ0v) is 10.8. The van der Waals surface area contributed by atoms with E-state index in [2.05, 4.69) is 15.6 Å². The van der Waals surface area contributed by atoms with E-state index in [1.807, 2.05) is 19.1 Å². The Morgan fingerprint density at radius 1 is 1.58 bits per heavy atom. The molecule has 2 rings (SSSR count). The summed E-state index contributed by atoms with van der Waals surface area (Å²) in [6, 6.07) is 7.10. The number of carbonyl (C=O) groups excluding carboxylic acids is 2. The zero-order chi connectivity index (χ0) is 13.8. The van der Waals surface area contributed by atoms with E-state index in [4.69, 9.17) is 5.84 Å². The molecule has 1 aliphatic rings. The number of piperazine rings is 1. The second-order valence-corrected chi connectivity index (χ2v) is 4.61. The molecule has 1 atom stereocenters. The Balaban J connectivity index is 2.10. The summed E-state index contributed by atoms with van der Waals surface area (Å²) in [5, 5.41) is 2.83. The van der Waals surface area contributed by atoms with E-state index >= 15 is 0 Å². The average Bonchev–Trinajstić information content (AvgIpc) is 2.43. The van der Waals surface area contributed by atoms with Crippen molar-refractivity contribution >= 4 is 11.8 Å². The largest absolute Gasteiger partial charge is 0.353 e. The molecule has 2 amide bonds. The van der Waals surface area contributed by atoms with Crippen LogP contribution in [-0.4, -0.2) is 35.8 Å². The van der Waals surface area contributed by atoms with Crippen LogP contribution in [-0.2, 0) is 11.3 Å². The first kappa shape index (κ1) is 13.5. The van der Waals surface area contributed by atoms with Crippen LogP contribution in [0.1, 0.15) is 22.8 Å². The lowest BCUT2D eigenvalue weighted by atomic mass is 10.1. The molecule has 19 heavy (non-hydrogen) atoms. The monoisotopic (exact) mass is 262 g/mol. The quantitative estimate of drug-likeness (QED) is 0.393. The number of benzene rings is 1. The first-order valence-electron chi connectivity index (χ1n) is 6.23. The molecule has 0 bridgehead atoms. The molecule has 4 N–H and O–H groups in total. The van der Waals surface area contributed by atoms with Crippen LogP contribution in [0.15, 0.2) is 24.3 Å². The summed E-state index contributed by atoms with van der Waals surface area (Å²) in [7, 11) is 0. The van der Waals surface area contributed by atoms with Gasteiger partial charge in [0, 0.05) is 25.2 Å². The maximum absolute atomic E-state index is 11.6. The third kappa shape index (κ3) is 3.10. The Labute approximate surface area is 111 Å². The van der Waals surface area contributed by atoms with Crippen molar-refractivity contribution in [2.45, 2.75) is 19.5 Å². The second-order valence-electron chi connectivity index (χ2n) is 4.61. The summed E-state index contributed by atoms with van der Waals surface area (Å²) >= 11 is 0. The first-order valence-corrected chi connectivity index (χ1v) is 6.23. The van der Waals surface area contributed by atoms with Crippen molar-refractivity contribution in [2.24, 2.45) is 5.84 Å². The molecule has 0 radical (unpaired) electrons. The van der Waals surface area contributed by atoms with E-state index in [1.165, 1.54) is 0 Å². The van der Waals surface area contributed by atoms with Gasteiger partial charge in [-0.1, -0.05) is 12.1 Å². The van der Waals surface area contributed by atoms with Crippen molar-refractivity contribution in [1.29, 1.82) is 0 Å². The summed E-state index contributed by atoms with van der Waals surface area (Å²) in [4.78, 5) is 25.1. The van der Waals surface area contributed by atoms with Gasteiger partial charge < -0.3 is 5.32 Å². The molecular weight excluding hydrogens is 244 g/mol. The van der Waals surface area contributed by atoms with E-state index in [0.29, 0.717) is 18.7 Å². The number of nitrogen functional groups attached to an aromatic ring is 1. The van der Waals surface area contributed by atoms with Gasteiger partial charge in [-0.15, -0.1) is 0 Å². The molecular formula is C13H18N4O2. The SMILES string of the molecule is CC1C(=O)NCCN1Cc1cccc(C(=O)NN)c1. The summed E-state index contributed by atoms with van der Waals surface area (Å²) in [6.07, 6.45) is 0. The minimum Gasteiger partial charge on any atom is -0.353 e. The Bertz CT molecular complexity index is 489. The van der Waals surface area contributed by atoms with Crippen molar-refractivity contribution in [2.75, 3.05) is 13.1 Å². The maximum Gasteiger partial charge on any atom is 0.265 e. The number of nitrogens with two attached hydrogens (primary N) is 1. The van der Waals surface area contributed by atoms with Crippen molar-refractivity contribution < 1.29 is 9.59 Å². The molecule has 1 heterocycles. The van der Waals surface area contributed by atoms with Crippen LogP contribution >= 0.6 is 0 Å². The normalized spacial score (nSPS) is 19.9. The molecule has 0 spiro atoms. The minimum absolute atomic E-state index is 0.0436. The standard InChI is InChI=1S/C13H18N4O2/c1-9-12(18)15-5-6-17(9)8-10-3-2-4-11(7-10)13(19)16-14/h2-4,7,9H,5-6,8,14H2,1H3,(H,15,18)(H,16,19). The van der Waals surface area contributed by atoms with Crippen LogP contribution in [0.3, 0.4) is 0 Å². The Morgan fingerprint density at radius 2 is 2.37 bits per heavy atom. The predicted octanol–water partition coefficient (Wildman–Crippen LogP) is -0.390. The van der Waals surface area contributed by atoms with Crippen LogP contribution in [0.2, 0.25) is 0 Å². The van der Waals surface area contributed by atoms with Gasteiger partial charge in [0.25, 0.3) is 5.91 Å². The summed E-state index contributed by atoms with van der Waals surface area (Å²) in [6.45, 7) is 3.98. The lowest BCUT2D eigenvalue weighted by Crippen LogP contribution is -2.53. The summed E-state index contributed by atoms with van der Waals surface area (Å²) < 4.78 is 0. The number of rotatable bonds is 3. The Hall–Kier alpha value is -1.92. The number of hydrogen-bond donors (Lipinski definition) is 3. The summed E-state index contributed by atoms with van der Waals surface area (Å²) in [5.74, 6) is 4.85. The highest BCUT2D eigenvalue weighted by Gasteiger charge is 2.25. The van der Waals surface area contributed by atoms with E-state index in [9.17, 15) is 9.59 Å². The van der Waals surface area contributed by atoms with Gasteiger partial charge in [0.05, 0.1) is 6.04 Å². The van der Waals surface area contributed by atoms with Crippen LogP contribution in [0, 0.1) is 0 Å².